The molecule has 3 heterocycles. The molecule has 2 aromatic rings. The first kappa shape index (κ1) is 22.3. The lowest BCUT2D eigenvalue weighted by Crippen LogP contribution is -2.49. The zero-order chi connectivity index (χ0) is 22.0. The first-order valence-corrected chi connectivity index (χ1v) is 13.1. The number of aromatic amines is 1. The van der Waals surface area contributed by atoms with Gasteiger partial charge in [-0.1, -0.05) is 38.3 Å². The molecule has 2 saturated heterocycles. The van der Waals surface area contributed by atoms with Crippen molar-refractivity contribution in [3.05, 3.63) is 41.2 Å². The maximum absolute atomic E-state index is 13.4. The molecule has 170 valence electrons. The Hall–Kier alpha value is -1.86. The Morgan fingerprint density at radius 2 is 1.74 bits per heavy atom. The topological polar surface area (TPSA) is 75.3 Å². The number of rotatable bonds is 9. The van der Waals surface area contributed by atoms with Gasteiger partial charge in [0.25, 0.3) is 0 Å². The van der Waals surface area contributed by atoms with Gasteiger partial charge in [0.15, 0.2) is 0 Å². The molecular formula is C24H35N3O3S. The third-order valence-corrected chi connectivity index (χ3v) is 9.03. The number of unbranched alkanes of at least 4 members (excludes halogenated alkanes) is 3. The summed E-state index contributed by atoms with van der Waals surface area (Å²) in [7, 11) is -3.55. The van der Waals surface area contributed by atoms with Gasteiger partial charge in [0, 0.05) is 24.9 Å². The van der Waals surface area contributed by atoms with E-state index < -0.39 is 10.0 Å². The average molecular weight is 446 g/mol. The van der Waals surface area contributed by atoms with Crippen LogP contribution in [0.15, 0.2) is 29.2 Å². The highest BCUT2D eigenvalue weighted by Gasteiger charge is 2.48. The lowest BCUT2D eigenvalue weighted by molar-refractivity contribution is 0.0956. The molecule has 31 heavy (non-hydrogen) atoms. The molecule has 1 N–H and O–H groups in total. The molecule has 2 aliphatic heterocycles. The molecule has 0 amide bonds. The number of aromatic nitrogens is 2. The highest BCUT2D eigenvalue weighted by Crippen LogP contribution is 2.41. The molecule has 2 aliphatic rings. The van der Waals surface area contributed by atoms with E-state index in [1.807, 2.05) is 0 Å². The minimum atomic E-state index is -3.55. The van der Waals surface area contributed by atoms with Gasteiger partial charge in [-0.25, -0.2) is 8.42 Å². The highest BCUT2D eigenvalue weighted by molar-refractivity contribution is 7.89. The Morgan fingerprint density at radius 3 is 2.32 bits per heavy atom. The van der Waals surface area contributed by atoms with Crippen molar-refractivity contribution in [3.8, 4) is 5.75 Å². The number of sulfonamides is 1. The molecule has 2 fully saturated rings. The van der Waals surface area contributed by atoms with Crippen LogP contribution in [0.25, 0.3) is 0 Å². The summed E-state index contributed by atoms with van der Waals surface area (Å²) in [6.45, 7) is 5.76. The third-order valence-electron chi connectivity index (χ3n) is 6.76. The normalized spacial score (nSPS) is 23.9. The maximum atomic E-state index is 13.4. The number of nitrogens with zero attached hydrogens (tertiary/aromatic N) is 2. The van der Waals surface area contributed by atoms with Crippen molar-refractivity contribution in [1.29, 1.82) is 0 Å². The van der Waals surface area contributed by atoms with Crippen molar-refractivity contribution < 1.29 is 13.2 Å². The molecule has 7 heteroatoms. The van der Waals surface area contributed by atoms with Crippen molar-refractivity contribution in [1.82, 2.24) is 14.5 Å². The number of hydrogen-bond donors (Lipinski definition) is 1. The number of H-pyrrole nitrogens is 1. The van der Waals surface area contributed by atoms with Gasteiger partial charge in [0.1, 0.15) is 16.7 Å². The van der Waals surface area contributed by atoms with E-state index in [9.17, 15) is 8.42 Å². The minimum absolute atomic E-state index is 0.000267. The summed E-state index contributed by atoms with van der Waals surface area (Å²) in [6.07, 6.45) is 9.55. The second-order valence-corrected chi connectivity index (χ2v) is 10.9. The van der Waals surface area contributed by atoms with Crippen LogP contribution in [0.5, 0.6) is 5.75 Å². The van der Waals surface area contributed by atoms with Crippen LogP contribution in [0.2, 0.25) is 0 Å². The quantitative estimate of drug-likeness (QED) is 0.556. The Kier molecular flexibility index (Phi) is 6.72. The van der Waals surface area contributed by atoms with Gasteiger partial charge in [0.05, 0.1) is 11.4 Å². The lowest BCUT2D eigenvalue weighted by atomic mass is 10.0. The van der Waals surface area contributed by atoms with Crippen LogP contribution in [-0.4, -0.2) is 41.1 Å². The van der Waals surface area contributed by atoms with Crippen LogP contribution in [0, 0.1) is 13.8 Å². The van der Waals surface area contributed by atoms with Crippen molar-refractivity contribution in [2.24, 2.45) is 0 Å². The Bertz CT molecular complexity index is 950. The number of hydrogen-bond acceptors (Lipinski definition) is 4. The summed E-state index contributed by atoms with van der Waals surface area (Å²) in [4.78, 5) is 0.346. The van der Waals surface area contributed by atoms with E-state index in [0.717, 1.165) is 37.9 Å². The van der Waals surface area contributed by atoms with Crippen molar-refractivity contribution in [2.75, 3.05) is 0 Å². The van der Waals surface area contributed by atoms with Crippen molar-refractivity contribution >= 4 is 10.0 Å². The van der Waals surface area contributed by atoms with Gasteiger partial charge in [-0.2, -0.15) is 9.40 Å². The number of fused-ring (bicyclic) bond motifs is 2. The first-order chi connectivity index (χ1) is 14.9. The van der Waals surface area contributed by atoms with Crippen LogP contribution < -0.4 is 4.74 Å². The predicted molar refractivity (Wildman–Crippen MR) is 122 cm³/mol. The average Bonchev–Trinajstić information content (AvgIpc) is 3.23. The van der Waals surface area contributed by atoms with Gasteiger partial charge in [-0.15, -0.1) is 0 Å². The van der Waals surface area contributed by atoms with Crippen LogP contribution in [-0.2, 0) is 16.4 Å². The molecule has 1 unspecified atom stereocenters. The van der Waals surface area contributed by atoms with Crippen LogP contribution in [0.3, 0.4) is 0 Å². The van der Waals surface area contributed by atoms with Crippen molar-refractivity contribution in [3.63, 3.8) is 0 Å². The van der Waals surface area contributed by atoms with E-state index >= 15 is 0 Å². The van der Waals surface area contributed by atoms with Gasteiger partial charge in [-0.05, 0) is 57.2 Å². The van der Waals surface area contributed by atoms with E-state index in [1.54, 1.807) is 18.2 Å². The zero-order valence-corrected chi connectivity index (χ0v) is 19.7. The zero-order valence-electron chi connectivity index (χ0n) is 18.9. The molecule has 1 aromatic heterocycles. The first-order valence-electron chi connectivity index (χ1n) is 11.7. The van der Waals surface area contributed by atoms with E-state index in [2.05, 4.69) is 41.4 Å². The summed E-state index contributed by atoms with van der Waals surface area (Å²) in [6, 6.07) is 8.47. The van der Waals surface area contributed by atoms with Crippen LogP contribution in [0.1, 0.15) is 75.2 Å². The van der Waals surface area contributed by atoms with E-state index in [1.165, 1.54) is 31.2 Å². The monoisotopic (exact) mass is 445 g/mol. The Labute approximate surface area is 186 Å². The minimum Gasteiger partial charge on any atom is -0.490 e. The predicted octanol–water partition coefficient (Wildman–Crippen LogP) is 4.91. The molecule has 3 atom stereocenters. The maximum Gasteiger partial charge on any atom is 0.247 e. The highest BCUT2D eigenvalue weighted by atomic mass is 32.2. The number of ether oxygens (including phenoxy) is 1. The fraction of sp³-hybridized carbons (Fsp3) is 0.625. The Morgan fingerprint density at radius 1 is 1.06 bits per heavy atom. The van der Waals surface area contributed by atoms with Crippen molar-refractivity contribution in [2.45, 2.75) is 102 Å². The number of piperidine rings is 1. The lowest BCUT2D eigenvalue weighted by Gasteiger charge is -2.37. The van der Waals surface area contributed by atoms with E-state index in [4.69, 9.17) is 4.74 Å². The van der Waals surface area contributed by atoms with Gasteiger partial charge < -0.3 is 4.74 Å². The molecular weight excluding hydrogens is 410 g/mol. The van der Waals surface area contributed by atoms with E-state index in [-0.39, 0.29) is 18.2 Å². The summed E-state index contributed by atoms with van der Waals surface area (Å²) < 4.78 is 34.9. The van der Waals surface area contributed by atoms with Gasteiger partial charge in [-0.3, -0.25) is 5.10 Å². The largest absolute Gasteiger partial charge is 0.490 e. The molecule has 0 aliphatic carbocycles. The summed E-state index contributed by atoms with van der Waals surface area (Å²) in [5, 5.41) is 6.91. The molecule has 2 bridgehead atoms. The van der Waals surface area contributed by atoms with E-state index in [0.29, 0.717) is 16.3 Å². The standard InChI is InChI=1S/C24H35N3O3S/c1-4-5-6-7-8-19-9-13-22(14-10-19)30-23-15-20-11-12-21(16-23)27(20)31(28,29)24-17(2)25-26-18(24)3/h9-10,13-14,20-21,23H,4-8,11-12,15-16H2,1-3H3,(H,25,26)/t20-,21+,23?. The second kappa shape index (κ2) is 9.33. The summed E-state index contributed by atoms with van der Waals surface area (Å²) >= 11 is 0. The number of aryl methyl sites for hydroxylation is 3. The van der Waals surface area contributed by atoms with Crippen LogP contribution in [0.4, 0.5) is 0 Å². The molecule has 4 rings (SSSR count). The van der Waals surface area contributed by atoms with Crippen LogP contribution >= 0.6 is 0 Å². The summed E-state index contributed by atoms with van der Waals surface area (Å²) in [5.74, 6) is 0.888. The molecule has 0 saturated carbocycles. The smallest absolute Gasteiger partial charge is 0.247 e. The second-order valence-electron chi connectivity index (χ2n) is 9.15. The fourth-order valence-corrected chi connectivity index (χ4v) is 7.51. The number of nitrogens with one attached hydrogen (secondary N) is 1. The Balaban J connectivity index is 1.38. The molecule has 0 radical (unpaired) electrons. The van der Waals surface area contributed by atoms with Gasteiger partial charge >= 0.3 is 0 Å². The third kappa shape index (κ3) is 4.67. The molecule has 0 spiro atoms. The summed E-state index contributed by atoms with van der Waals surface area (Å²) in [5.41, 5.74) is 2.52. The SMILES string of the molecule is CCCCCCc1ccc(OC2C[C@H]3CC[C@@H](C2)N3S(=O)(=O)c2c(C)n[nH]c2C)cc1. The fourth-order valence-electron chi connectivity index (χ4n) is 5.28. The molecule has 6 nitrogen and oxygen atoms in total. The van der Waals surface area contributed by atoms with Gasteiger partial charge in [0.2, 0.25) is 10.0 Å². The molecule has 1 aromatic carbocycles. The number of benzene rings is 1.